The molecule has 0 spiro atoms. The molecule has 6 nitrogen and oxygen atoms in total. The van der Waals surface area contributed by atoms with Crippen LogP contribution in [0.15, 0.2) is 23.0 Å². The fourth-order valence-electron chi connectivity index (χ4n) is 1.75. The van der Waals surface area contributed by atoms with Gasteiger partial charge in [0, 0.05) is 17.8 Å². The Morgan fingerprint density at radius 2 is 2.00 bits per heavy atom. The molecule has 18 heavy (non-hydrogen) atoms. The van der Waals surface area contributed by atoms with Gasteiger partial charge in [0.15, 0.2) is 5.43 Å². The lowest BCUT2D eigenvalue weighted by Crippen LogP contribution is -2.12. The molecular weight excluding hydrogens is 236 g/mol. The van der Waals surface area contributed by atoms with E-state index in [9.17, 15) is 9.59 Å². The van der Waals surface area contributed by atoms with Crippen molar-refractivity contribution in [2.45, 2.75) is 0 Å². The molecule has 0 aliphatic heterocycles. The molecule has 0 radical (unpaired) electrons. The Morgan fingerprint density at radius 3 is 2.61 bits per heavy atom. The number of fused-ring (bicyclic) bond motifs is 1. The van der Waals surface area contributed by atoms with Gasteiger partial charge in [-0.3, -0.25) is 4.79 Å². The molecule has 0 bridgehead atoms. The van der Waals surface area contributed by atoms with E-state index in [2.05, 4.69) is 9.72 Å². The molecule has 0 aliphatic rings. The Labute approximate surface area is 102 Å². The van der Waals surface area contributed by atoms with Crippen LogP contribution in [0, 0.1) is 0 Å². The highest BCUT2D eigenvalue weighted by Gasteiger charge is 2.13. The molecular formula is C12H12N2O4. The SMILES string of the molecule is COC(=O)c1cc(=O)c2c(OC)cc(N)cc2[nH]1. The Bertz CT molecular complexity index is 676. The number of ether oxygens (including phenoxy) is 2. The summed E-state index contributed by atoms with van der Waals surface area (Å²) in [4.78, 5) is 26.2. The second-order valence-electron chi connectivity index (χ2n) is 3.68. The number of carbonyl (C=O) groups excluding carboxylic acids is 1. The number of aromatic amines is 1. The van der Waals surface area contributed by atoms with Crippen molar-refractivity contribution in [2.24, 2.45) is 0 Å². The Hall–Kier alpha value is -2.50. The predicted octanol–water partition coefficient (Wildman–Crippen LogP) is 0.905. The number of hydrogen-bond donors (Lipinski definition) is 2. The number of esters is 1. The van der Waals surface area contributed by atoms with Crippen molar-refractivity contribution in [3.05, 3.63) is 34.1 Å². The van der Waals surface area contributed by atoms with Crippen LogP contribution in [-0.2, 0) is 4.74 Å². The largest absolute Gasteiger partial charge is 0.496 e. The first-order chi connectivity index (χ1) is 8.56. The third-order valence-corrected chi connectivity index (χ3v) is 2.54. The summed E-state index contributed by atoms with van der Waals surface area (Å²) in [5, 5.41) is 0.347. The molecule has 1 aromatic carbocycles. The van der Waals surface area contributed by atoms with Gasteiger partial charge in [-0.05, 0) is 6.07 Å². The second-order valence-corrected chi connectivity index (χ2v) is 3.68. The van der Waals surface area contributed by atoms with Gasteiger partial charge in [0.25, 0.3) is 0 Å². The van der Waals surface area contributed by atoms with Crippen molar-refractivity contribution in [3.8, 4) is 5.75 Å². The Kier molecular flexibility index (Phi) is 2.93. The maximum Gasteiger partial charge on any atom is 0.354 e. The van der Waals surface area contributed by atoms with E-state index in [1.807, 2.05) is 0 Å². The summed E-state index contributed by atoms with van der Waals surface area (Å²) in [7, 11) is 2.69. The van der Waals surface area contributed by atoms with Crippen LogP contribution in [0.2, 0.25) is 0 Å². The molecule has 1 heterocycles. The first-order valence-electron chi connectivity index (χ1n) is 5.15. The number of pyridine rings is 1. The summed E-state index contributed by atoms with van der Waals surface area (Å²) in [6, 6.07) is 4.29. The standard InChI is InChI=1S/C12H12N2O4/c1-17-10-4-6(13)3-7-11(10)9(15)5-8(14-7)12(16)18-2/h3-5H,13H2,1-2H3,(H,14,15). The monoisotopic (exact) mass is 248 g/mol. The van der Waals surface area contributed by atoms with Gasteiger partial charge in [0.2, 0.25) is 0 Å². The van der Waals surface area contributed by atoms with Crippen molar-refractivity contribution >= 4 is 22.6 Å². The lowest BCUT2D eigenvalue weighted by atomic mass is 10.1. The normalized spacial score (nSPS) is 10.3. The zero-order valence-electron chi connectivity index (χ0n) is 9.94. The fraction of sp³-hybridized carbons (Fsp3) is 0.167. The Morgan fingerprint density at radius 1 is 1.28 bits per heavy atom. The van der Waals surface area contributed by atoms with Crippen molar-refractivity contribution in [1.82, 2.24) is 4.98 Å². The number of aromatic nitrogens is 1. The van der Waals surface area contributed by atoms with E-state index >= 15 is 0 Å². The van der Waals surface area contributed by atoms with E-state index in [-0.39, 0.29) is 11.1 Å². The molecule has 0 fully saturated rings. The highest BCUT2D eigenvalue weighted by molar-refractivity contribution is 5.94. The average Bonchev–Trinajstić information content (AvgIpc) is 2.35. The van der Waals surface area contributed by atoms with E-state index in [1.165, 1.54) is 20.3 Å². The average molecular weight is 248 g/mol. The topological polar surface area (TPSA) is 94.4 Å². The van der Waals surface area contributed by atoms with Crippen molar-refractivity contribution in [2.75, 3.05) is 20.0 Å². The van der Waals surface area contributed by atoms with E-state index in [0.717, 1.165) is 0 Å². The summed E-state index contributed by atoms with van der Waals surface area (Å²) >= 11 is 0. The zero-order chi connectivity index (χ0) is 13.3. The first-order valence-corrected chi connectivity index (χ1v) is 5.15. The molecule has 0 unspecified atom stereocenters. The van der Waals surface area contributed by atoms with Gasteiger partial charge in [0.05, 0.1) is 25.1 Å². The number of benzene rings is 1. The first kappa shape index (κ1) is 12.0. The smallest absolute Gasteiger partial charge is 0.354 e. The van der Waals surface area contributed by atoms with E-state index in [1.54, 1.807) is 12.1 Å². The number of hydrogen-bond acceptors (Lipinski definition) is 5. The number of H-pyrrole nitrogens is 1. The van der Waals surface area contributed by atoms with Crippen molar-refractivity contribution < 1.29 is 14.3 Å². The van der Waals surface area contributed by atoms with E-state index < -0.39 is 5.97 Å². The number of nitrogen functional groups attached to an aromatic ring is 1. The van der Waals surface area contributed by atoms with Crippen LogP contribution in [0.3, 0.4) is 0 Å². The Balaban J connectivity index is 2.81. The van der Waals surface area contributed by atoms with Gasteiger partial charge in [-0.2, -0.15) is 0 Å². The maximum atomic E-state index is 12.0. The molecule has 2 aromatic rings. The van der Waals surface area contributed by atoms with Crippen LogP contribution in [0.1, 0.15) is 10.5 Å². The van der Waals surface area contributed by atoms with Crippen LogP contribution in [-0.4, -0.2) is 25.2 Å². The van der Waals surface area contributed by atoms with E-state index in [4.69, 9.17) is 10.5 Å². The second kappa shape index (κ2) is 4.40. The highest BCUT2D eigenvalue weighted by atomic mass is 16.5. The number of carbonyl (C=O) groups is 1. The minimum Gasteiger partial charge on any atom is -0.496 e. The summed E-state index contributed by atoms with van der Waals surface area (Å²) < 4.78 is 9.66. The van der Waals surface area contributed by atoms with Crippen LogP contribution in [0.4, 0.5) is 5.69 Å². The van der Waals surface area contributed by atoms with Gasteiger partial charge in [-0.15, -0.1) is 0 Å². The third-order valence-electron chi connectivity index (χ3n) is 2.54. The predicted molar refractivity (Wildman–Crippen MR) is 66.9 cm³/mol. The molecule has 0 aliphatic carbocycles. The summed E-state index contributed by atoms with van der Waals surface area (Å²) in [5.41, 5.74) is 6.29. The van der Waals surface area contributed by atoms with Crippen molar-refractivity contribution in [1.29, 1.82) is 0 Å². The minimum absolute atomic E-state index is 0.0719. The lowest BCUT2D eigenvalue weighted by Gasteiger charge is -2.08. The van der Waals surface area contributed by atoms with Gasteiger partial charge < -0.3 is 20.2 Å². The summed E-state index contributed by atoms with van der Waals surface area (Å²) in [6.07, 6.45) is 0. The third kappa shape index (κ3) is 1.88. The highest BCUT2D eigenvalue weighted by Crippen LogP contribution is 2.24. The molecule has 1 aromatic heterocycles. The van der Waals surface area contributed by atoms with Crippen LogP contribution in [0.25, 0.3) is 10.9 Å². The number of nitrogens with two attached hydrogens (primary N) is 1. The van der Waals surface area contributed by atoms with Gasteiger partial charge in [-0.1, -0.05) is 0 Å². The molecule has 0 saturated carbocycles. The molecule has 0 saturated heterocycles. The molecule has 94 valence electrons. The van der Waals surface area contributed by atoms with Crippen LogP contribution < -0.4 is 15.9 Å². The molecule has 0 amide bonds. The molecule has 6 heteroatoms. The quantitative estimate of drug-likeness (QED) is 0.608. The summed E-state index contributed by atoms with van der Waals surface area (Å²) in [5.74, 6) is -0.252. The van der Waals surface area contributed by atoms with E-state index in [0.29, 0.717) is 22.3 Å². The minimum atomic E-state index is -0.615. The number of anilines is 1. The summed E-state index contributed by atoms with van der Waals surface area (Å²) in [6.45, 7) is 0. The number of methoxy groups -OCH3 is 2. The molecule has 3 N–H and O–H groups in total. The number of rotatable bonds is 2. The zero-order valence-corrected chi connectivity index (χ0v) is 9.94. The number of nitrogens with one attached hydrogen (secondary N) is 1. The van der Waals surface area contributed by atoms with Crippen LogP contribution >= 0.6 is 0 Å². The van der Waals surface area contributed by atoms with Gasteiger partial charge in [0.1, 0.15) is 11.4 Å². The lowest BCUT2D eigenvalue weighted by molar-refractivity contribution is 0.0594. The van der Waals surface area contributed by atoms with Crippen LogP contribution in [0.5, 0.6) is 5.75 Å². The fourth-order valence-corrected chi connectivity index (χ4v) is 1.75. The molecule has 2 rings (SSSR count). The van der Waals surface area contributed by atoms with Gasteiger partial charge in [-0.25, -0.2) is 4.79 Å². The maximum absolute atomic E-state index is 12.0. The van der Waals surface area contributed by atoms with Gasteiger partial charge >= 0.3 is 5.97 Å². The van der Waals surface area contributed by atoms with Crippen molar-refractivity contribution in [3.63, 3.8) is 0 Å². The molecule has 0 atom stereocenters.